The van der Waals surface area contributed by atoms with Gasteiger partial charge in [0.15, 0.2) is 0 Å². The molecular weight excluding hydrogens is 415 g/mol. The number of likely N-dealkylation sites (tertiary alicyclic amines) is 1. The molecule has 1 aliphatic heterocycles. The molecule has 0 saturated carbocycles. The van der Waals surface area contributed by atoms with Crippen LogP contribution in [0.3, 0.4) is 0 Å². The first-order chi connectivity index (χ1) is 14.9. The van der Waals surface area contributed by atoms with Crippen LogP contribution in [0.5, 0.6) is 5.75 Å². The Balaban J connectivity index is 1.44. The summed E-state index contributed by atoms with van der Waals surface area (Å²) < 4.78 is 47.4. The van der Waals surface area contributed by atoms with Gasteiger partial charge in [-0.05, 0) is 30.9 Å². The van der Waals surface area contributed by atoms with E-state index < -0.39 is 18.0 Å². The molecule has 8 nitrogen and oxygen atoms in total. The molecule has 4 rings (SSSR count). The molecule has 1 unspecified atom stereocenters. The Hall–Kier alpha value is -3.50. The summed E-state index contributed by atoms with van der Waals surface area (Å²) in [5.41, 5.74) is 0.363. The molecule has 1 aromatic carbocycles. The Bertz CT molecular complexity index is 1040. The third kappa shape index (κ3) is 5.16. The van der Waals surface area contributed by atoms with E-state index >= 15 is 0 Å². The van der Waals surface area contributed by atoms with Gasteiger partial charge in [-0.3, -0.25) is 9.78 Å². The average molecular weight is 433 g/mol. The predicted molar refractivity (Wildman–Crippen MR) is 101 cm³/mol. The van der Waals surface area contributed by atoms with E-state index in [4.69, 9.17) is 4.52 Å². The summed E-state index contributed by atoms with van der Waals surface area (Å²) in [5, 5.41) is 3.91. The molecule has 1 fully saturated rings. The highest BCUT2D eigenvalue weighted by Crippen LogP contribution is 2.29. The van der Waals surface area contributed by atoms with Crippen LogP contribution >= 0.6 is 0 Å². The lowest BCUT2D eigenvalue weighted by Crippen LogP contribution is -2.40. The topological polar surface area (TPSA) is 94.2 Å². The molecule has 1 atom stereocenters. The quantitative estimate of drug-likeness (QED) is 0.608. The number of halogens is 3. The highest BCUT2D eigenvalue weighted by Gasteiger charge is 2.34. The van der Waals surface area contributed by atoms with Crippen LogP contribution in [0.15, 0.2) is 47.4 Å². The van der Waals surface area contributed by atoms with Crippen molar-refractivity contribution in [2.75, 3.05) is 13.1 Å². The number of alkyl halides is 3. The van der Waals surface area contributed by atoms with E-state index in [0.29, 0.717) is 43.3 Å². The van der Waals surface area contributed by atoms with Gasteiger partial charge in [-0.15, -0.1) is 13.2 Å². The number of ether oxygens (including phenoxy) is 1. The van der Waals surface area contributed by atoms with Crippen LogP contribution in [0, 0.1) is 5.92 Å². The minimum Gasteiger partial charge on any atom is -0.405 e. The van der Waals surface area contributed by atoms with Gasteiger partial charge < -0.3 is 14.2 Å². The fourth-order valence-corrected chi connectivity index (χ4v) is 3.55. The Morgan fingerprint density at radius 2 is 2.10 bits per heavy atom. The molecule has 0 aliphatic carbocycles. The lowest BCUT2D eigenvalue weighted by atomic mass is 9.94. The summed E-state index contributed by atoms with van der Waals surface area (Å²) in [5.74, 6) is -0.252. The molecule has 2 aromatic heterocycles. The van der Waals surface area contributed by atoms with Gasteiger partial charge in [0.1, 0.15) is 11.4 Å². The monoisotopic (exact) mass is 433 g/mol. The van der Waals surface area contributed by atoms with Crippen molar-refractivity contribution < 1.29 is 27.2 Å². The van der Waals surface area contributed by atoms with Crippen LogP contribution in [0.4, 0.5) is 13.2 Å². The molecule has 0 bridgehead atoms. The van der Waals surface area contributed by atoms with Crippen LogP contribution in [-0.2, 0) is 6.42 Å². The van der Waals surface area contributed by atoms with Crippen molar-refractivity contribution in [3.8, 4) is 17.3 Å². The lowest BCUT2D eigenvalue weighted by molar-refractivity contribution is -0.274. The van der Waals surface area contributed by atoms with Crippen LogP contribution in [0.1, 0.15) is 29.1 Å². The maximum Gasteiger partial charge on any atom is 0.573 e. The maximum absolute atomic E-state index is 12.9. The molecule has 11 heteroatoms. The van der Waals surface area contributed by atoms with Crippen LogP contribution in [0.2, 0.25) is 0 Å². The van der Waals surface area contributed by atoms with Crippen LogP contribution in [-0.4, -0.2) is 50.4 Å². The number of aromatic nitrogens is 4. The molecule has 1 aliphatic rings. The molecular formula is C20H18F3N5O3. The Labute approximate surface area is 175 Å². The van der Waals surface area contributed by atoms with Gasteiger partial charge in [0, 0.05) is 31.9 Å². The zero-order chi connectivity index (χ0) is 21.8. The van der Waals surface area contributed by atoms with E-state index in [2.05, 4.69) is 24.8 Å². The fourth-order valence-electron chi connectivity index (χ4n) is 3.55. The van der Waals surface area contributed by atoms with E-state index in [1.807, 2.05) is 0 Å². The smallest absolute Gasteiger partial charge is 0.405 e. The van der Waals surface area contributed by atoms with Gasteiger partial charge in [0.05, 0.1) is 11.8 Å². The first kappa shape index (κ1) is 20.8. The second-order valence-electron chi connectivity index (χ2n) is 7.11. The first-order valence-electron chi connectivity index (χ1n) is 9.62. The van der Waals surface area contributed by atoms with Crippen molar-refractivity contribution in [2.24, 2.45) is 5.92 Å². The van der Waals surface area contributed by atoms with Crippen molar-refractivity contribution >= 4 is 5.91 Å². The van der Waals surface area contributed by atoms with Gasteiger partial charge in [0.2, 0.25) is 11.7 Å². The predicted octanol–water partition coefficient (Wildman–Crippen LogP) is 3.52. The van der Waals surface area contributed by atoms with Crippen LogP contribution in [0.25, 0.3) is 11.5 Å². The second-order valence-corrected chi connectivity index (χ2v) is 7.11. The number of carbonyl (C=O) groups is 1. The SMILES string of the molecule is O=C(c1ccccc1OC(F)(F)F)N1CCCC(Cc2nc(-c3cnccn3)no2)C1. The summed E-state index contributed by atoms with van der Waals surface area (Å²) in [6.07, 6.45) is 1.69. The van der Waals surface area contributed by atoms with Gasteiger partial charge in [-0.2, -0.15) is 4.98 Å². The van der Waals surface area contributed by atoms with Crippen molar-refractivity contribution in [3.63, 3.8) is 0 Å². The number of carbonyl (C=O) groups excluding carboxylic acids is 1. The fraction of sp³-hybridized carbons (Fsp3) is 0.350. The molecule has 0 spiro atoms. The minimum absolute atomic E-state index is 0.0311. The first-order valence-corrected chi connectivity index (χ1v) is 9.62. The molecule has 162 valence electrons. The van der Waals surface area contributed by atoms with Crippen molar-refractivity contribution in [2.45, 2.75) is 25.6 Å². The second kappa shape index (κ2) is 8.70. The maximum atomic E-state index is 12.9. The number of piperidine rings is 1. The third-order valence-electron chi connectivity index (χ3n) is 4.87. The Morgan fingerprint density at radius 3 is 2.87 bits per heavy atom. The van der Waals surface area contributed by atoms with E-state index in [0.717, 1.165) is 12.5 Å². The third-order valence-corrected chi connectivity index (χ3v) is 4.87. The Kier molecular flexibility index (Phi) is 5.83. The summed E-state index contributed by atoms with van der Waals surface area (Å²) in [6.45, 7) is 0.812. The highest BCUT2D eigenvalue weighted by molar-refractivity contribution is 5.97. The number of hydrogen-bond acceptors (Lipinski definition) is 7. The van der Waals surface area contributed by atoms with Crippen molar-refractivity contribution in [1.82, 2.24) is 25.0 Å². The molecule has 0 radical (unpaired) electrons. The molecule has 0 N–H and O–H groups in total. The largest absolute Gasteiger partial charge is 0.573 e. The number of amides is 1. The summed E-state index contributed by atoms with van der Waals surface area (Å²) in [6, 6.07) is 5.36. The summed E-state index contributed by atoms with van der Waals surface area (Å²) >= 11 is 0. The number of nitrogens with zero attached hydrogens (tertiary/aromatic N) is 5. The molecule has 1 amide bonds. The van der Waals surface area contributed by atoms with Crippen LogP contribution < -0.4 is 4.74 Å². The van der Waals surface area contributed by atoms with Gasteiger partial charge in [-0.1, -0.05) is 17.3 Å². The minimum atomic E-state index is -4.88. The summed E-state index contributed by atoms with van der Waals surface area (Å²) in [7, 11) is 0. The Morgan fingerprint density at radius 1 is 1.26 bits per heavy atom. The zero-order valence-corrected chi connectivity index (χ0v) is 16.2. The van der Waals surface area contributed by atoms with Gasteiger partial charge in [-0.25, -0.2) is 4.98 Å². The number of rotatable bonds is 5. The van der Waals surface area contributed by atoms with Gasteiger partial charge >= 0.3 is 6.36 Å². The summed E-state index contributed by atoms with van der Waals surface area (Å²) in [4.78, 5) is 26.9. The molecule has 3 heterocycles. The van der Waals surface area contributed by atoms with E-state index in [1.165, 1.54) is 41.7 Å². The molecule has 3 aromatic rings. The number of para-hydroxylation sites is 1. The average Bonchev–Trinajstić information content (AvgIpc) is 3.22. The van der Waals surface area contributed by atoms with E-state index in [1.54, 1.807) is 0 Å². The zero-order valence-electron chi connectivity index (χ0n) is 16.2. The van der Waals surface area contributed by atoms with E-state index in [-0.39, 0.29) is 11.5 Å². The number of hydrogen-bond donors (Lipinski definition) is 0. The number of benzene rings is 1. The lowest BCUT2D eigenvalue weighted by Gasteiger charge is -2.32. The van der Waals surface area contributed by atoms with Gasteiger partial charge in [0.25, 0.3) is 5.91 Å². The van der Waals surface area contributed by atoms with Crippen molar-refractivity contribution in [3.05, 3.63) is 54.3 Å². The normalized spacial score (nSPS) is 16.9. The standard InChI is InChI=1S/C20H18F3N5O3/c21-20(22,23)30-16-6-2-1-5-14(16)19(29)28-9-3-4-13(12-28)10-17-26-18(27-31-17)15-11-24-7-8-25-15/h1-2,5-8,11,13H,3-4,9-10,12H2. The van der Waals surface area contributed by atoms with Crippen molar-refractivity contribution in [1.29, 1.82) is 0 Å². The molecule has 31 heavy (non-hydrogen) atoms. The molecule has 1 saturated heterocycles. The van der Waals surface area contributed by atoms with E-state index in [9.17, 15) is 18.0 Å². The highest BCUT2D eigenvalue weighted by atomic mass is 19.4.